The fourth-order valence-corrected chi connectivity index (χ4v) is 5.20. The second-order valence-corrected chi connectivity index (χ2v) is 11.2. The molecule has 0 spiro atoms. The SMILES string of the molecule is C[C@@H]1CC(n2c(Cc3cc(CCS(C)(=O)=O)on3)nc3cnc4ccc(C#N)cc4c32)CCO1. The number of hydrogen-bond acceptors (Lipinski definition) is 8. The molecular formula is C24H25N5O4S. The molecule has 4 aromatic rings. The van der Waals surface area contributed by atoms with Crippen LogP contribution in [0.1, 0.15) is 48.6 Å². The molecule has 3 aromatic heterocycles. The van der Waals surface area contributed by atoms with Gasteiger partial charge in [0.2, 0.25) is 0 Å². The van der Waals surface area contributed by atoms with Crippen LogP contribution in [0.15, 0.2) is 35.0 Å². The highest BCUT2D eigenvalue weighted by Gasteiger charge is 2.27. The number of aromatic nitrogens is 4. The monoisotopic (exact) mass is 479 g/mol. The van der Waals surface area contributed by atoms with Gasteiger partial charge < -0.3 is 13.8 Å². The Morgan fingerprint density at radius 1 is 1.26 bits per heavy atom. The maximum atomic E-state index is 11.5. The summed E-state index contributed by atoms with van der Waals surface area (Å²) in [5.41, 5.74) is 3.79. The van der Waals surface area contributed by atoms with Crippen molar-refractivity contribution in [2.75, 3.05) is 18.6 Å². The van der Waals surface area contributed by atoms with Gasteiger partial charge in [-0.1, -0.05) is 5.16 Å². The van der Waals surface area contributed by atoms with Gasteiger partial charge in [-0.15, -0.1) is 0 Å². The molecular weight excluding hydrogens is 454 g/mol. The molecule has 2 atom stereocenters. The summed E-state index contributed by atoms with van der Waals surface area (Å²) in [5, 5.41) is 14.5. The van der Waals surface area contributed by atoms with E-state index in [0.29, 0.717) is 30.0 Å². The first kappa shape index (κ1) is 22.5. The highest BCUT2D eigenvalue weighted by molar-refractivity contribution is 7.90. The molecule has 9 nitrogen and oxygen atoms in total. The summed E-state index contributed by atoms with van der Waals surface area (Å²) < 4.78 is 36.4. The molecule has 4 heterocycles. The summed E-state index contributed by atoms with van der Waals surface area (Å²) >= 11 is 0. The van der Waals surface area contributed by atoms with Gasteiger partial charge in [0.1, 0.15) is 26.9 Å². The van der Waals surface area contributed by atoms with Crippen molar-refractivity contribution in [3.63, 3.8) is 0 Å². The predicted octanol–water partition coefficient (Wildman–Crippen LogP) is 3.36. The van der Waals surface area contributed by atoms with Gasteiger partial charge in [0.25, 0.3) is 0 Å². The third-order valence-corrected chi connectivity index (χ3v) is 7.15. The van der Waals surface area contributed by atoms with Crippen molar-refractivity contribution in [2.45, 2.75) is 44.8 Å². The lowest BCUT2D eigenvalue weighted by Crippen LogP contribution is -2.26. The van der Waals surface area contributed by atoms with Crippen molar-refractivity contribution in [3.8, 4) is 6.07 Å². The van der Waals surface area contributed by atoms with Crippen molar-refractivity contribution in [3.05, 3.63) is 53.3 Å². The van der Waals surface area contributed by atoms with E-state index in [4.69, 9.17) is 14.2 Å². The van der Waals surface area contributed by atoms with E-state index in [-0.39, 0.29) is 24.3 Å². The van der Waals surface area contributed by atoms with Gasteiger partial charge in [-0.05, 0) is 38.0 Å². The third kappa shape index (κ3) is 4.54. The van der Waals surface area contributed by atoms with Crippen LogP contribution < -0.4 is 0 Å². The topological polar surface area (TPSA) is 124 Å². The first-order valence-electron chi connectivity index (χ1n) is 11.2. The molecule has 1 fully saturated rings. The van der Waals surface area contributed by atoms with E-state index in [9.17, 15) is 13.7 Å². The van der Waals surface area contributed by atoms with Crippen molar-refractivity contribution in [1.82, 2.24) is 19.7 Å². The molecule has 0 aliphatic carbocycles. The Hall–Kier alpha value is -3.29. The lowest BCUT2D eigenvalue weighted by atomic mass is 10.0. The number of hydrogen-bond donors (Lipinski definition) is 0. The predicted molar refractivity (Wildman–Crippen MR) is 126 cm³/mol. The fourth-order valence-electron chi connectivity index (χ4n) is 4.63. The largest absolute Gasteiger partial charge is 0.378 e. The number of pyridine rings is 1. The van der Waals surface area contributed by atoms with Gasteiger partial charge in [-0.25, -0.2) is 13.4 Å². The minimum Gasteiger partial charge on any atom is -0.378 e. The molecule has 0 N–H and O–H groups in total. The number of imidazole rings is 1. The Kier molecular flexibility index (Phi) is 5.83. The Balaban J connectivity index is 1.60. The second-order valence-electron chi connectivity index (χ2n) is 8.93. The smallest absolute Gasteiger partial charge is 0.147 e. The van der Waals surface area contributed by atoms with Crippen LogP contribution in [0.2, 0.25) is 0 Å². The van der Waals surface area contributed by atoms with Crippen LogP contribution in [0, 0.1) is 11.3 Å². The fraction of sp³-hybridized carbons (Fsp3) is 0.417. The molecule has 0 bridgehead atoms. The highest BCUT2D eigenvalue weighted by atomic mass is 32.2. The standard InChI is InChI=1S/C24H25N5O4S/c1-15-9-18(5-7-32-15)29-23(12-17-11-19(33-28-17)6-8-34(2,30)31)27-22-14-26-21-4-3-16(13-25)10-20(21)24(22)29/h3-4,10-11,14-15,18H,5-9,12H2,1-2H3/t15-,18?/m1/s1. The molecule has 10 heteroatoms. The second kappa shape index (κ2) is 8.81. The van der Waals surface area contributed by atoms with E-state index in [2.05, 4.69) is 27.7 Å². The van der Waals surface area contributed by atoms with Crippen LogP contribution in [0.25, 0.3) is 21.9 Å². The molecule has 1 aromatic carbocycles. The normalized spacial score (nSPS) is 19.0. The number of aryl methyl sites for hydroxylation is 1. The molecule has 0 saturated carbocycles. The lowest BCUT2D eigenvalue weighted by Gasteiger charge is -2.30. The molecule has 176 valence electrons. The first-order valence-corrected chi connectivity index (χ1v) is 13.3. The number of sulfone groups is 1. The molecule has 0 amide bonds. The van der Waals surface area contributed by atoms with Gasteiger partial charge >= 0.3 is 0 Å². The van der Waals surface area contributed by atoms with Crippen molar-refractivity contribution in [2.24, 2.45) is 0 Å². The van der Waals surface area contributed by atoms with E-state index in [1.165, 1.54) is 6.26 Å². The van der Waals surface area contributed by atoms with Crippen molar-refractivity contribution < 1.29 is 17.7 Å². The van der Waals surface area contributed by atoms with Crippen molar-refractivity contribution >= 4 is 31.8 Å². The maximum Gasteiger partial charge on any atom is 0.147 e. The number of ether oxygens (including phenoxy) is 1. The molecule has 1 saturated heterocycles. The number of nitrogens with zero attached hydrogens (tertiary/aromatic N) is 5. The zero-order chi connectivity index (χ0) is 23.9. The van der Waals surface area contributed by atoms with Crippen LogP contribution in [-0.4, -0.2) is 52.8 Å². The van der Waals surface area contributed by atoms with E-state index in [1.807, 2.05) is 12.1 Å². The Bertz CT molecular complexity index is 1520. The van der Waals surface area contributed by atoms with E-state index in [0.717, 1.165) is 40.6 Å². The summed E-state index contributed by atoms with van der Waals surface area (Å²) in [7, 11) is -3.09. The molecule has 1 aliphatic rings. The van der Waals surface area contributed by atoms with E-state index < -0.39 is 9.84 Å². The van der Waals surface area contributed by atoms with Gasteiger partial charge in [0.05, 0.1) is 52.8 Å². The molecule has 1 unspecified atom stereocenters. The number of benzene rings is 1. The summed E-state index contributed by atoms with van der Waals surface area (Å²) in [6.45, 7) is 2.74. The van der Waals surface area contributed by atoms with Crippen LogP contribution in [0.4, 0.5) is 0 Å². The van der Waals surface area contributed by atoms with Gasteiger partial charge in [0.15, 0.2) is 0 Å². The molecule has 1 aliphatic heterocycles. The third-order valence-electron chi connectivity index (χ3n) is 6.21. The average molecular weight is 480 g/mol. The number of rotatable bonds is 6. The summed E-state index contributed by atoms with van der Waals surface area (Å²) in [5.74, 6) is 1.38. The highest BCUT2D eigenvalue weighted by Crippen LogP contribution is 2.34. The van der Waals surface area contributed by atoms with Crippen molar-refractivity contribution in [1.29, 1.82) is 5.26 Å². The van der Waals surface area contributed by atoms with Crippen LogP contribution >= 0.6 is 0 Å². The van der Waals surface area contributed by atoms with E-state index in [1.54, 1.807) is 18.3 Å². The lowest BCUT2D eigenvalue weighted by molar-refractivity contribution is 0.00630. The van der Waals surface area contributed by atoms with Gasteiger partial charge in [0, 0.05) is 36.8 Å². The minimum absolute atomic E-state index is 0.0129. The average Bonchev–Trinajstić information content (AvgIpc) is 3.41. The van der Waals surface area contributed by atoms with Crippen LogP contribution in [0.3, 0.4) is 0 Å². The summed E-state index contributed by atoms with van der Waals surface area (Å²) in [6.07, 6.45) is 5.51. The summed E-state index contributed by atoms with van der Waals surface area (Å²) in [4.78, 5) is 9.46. The minimum atomic E-state index is -3.09. The quantitative estimate of drug-likeness (QED) is 0.412. The van der Waals surface area contributed by atoms with Crippen LogP contribution in [0.5, 0.6) is 0 Å². The Morgan fingerprint density at radius 2 is 2.12 bits per heavy atom. The summed E-state index contributed by atoms with van der Waals surface area (Å²) in [6, 6.07) is 9.70. The Labute approximate surface area is 197 Å². The zero-order valence-electron chi connectivity index (χ0n) is 19.1. The molecule has 5 rings (SSSR count). The molecule has 0 radical (unpaired) electrons. The zero-order valence-corrected chi connectivity index (χ0v) is 19.9. The van der Waals surface area contributed by atoms with Gasteiger partial charge in [-0.2, -0.15) is 5.26 Å². The molecule has 34 heavy (non-hydrogen) atoms. The number of nitriles is 1. The maximum absolute atomic E-state index is 11.5. The Morgan fingerprint density at radius 3 is 2.88 bits per heavy atom. The number of fused-ring (bicyclic) bond motifs is 3. The van der Waals surface area contributed by atoms with Gasteiger partial charge in [-0.3, -0.25) is 4.98 Å². The first-order chi connectivity index (χ1) is 16.3. The van der Waals surface area contributed by atoms with Crippen LogP contribution in [-0.2, 0) is 27.4 Å². The van der Waals surface area contributed by atoms with E-state index >= 15 is 0 Å².